The quantitative estimate of drug-likeness (QED) is 0.691. The van der Waals surface area contributed by atoms with Crippen molar-refractivity contribution < 1.29 is 4.79 Å². The minimum atomic E-state index is 0.00542. The highest BCUT2D eigenvalue weighted by Gasteiger charge is 2.08. The number of carbonyl (C=O) groups excluding carboxylic acids is 1. The van der Waals surface area contributed by atoms with Gasteiger partial charge in [0.2, 0.25) is 0 Å². The summed E-state index contributed by atoms with van der Waals surface area (Å²) in [7, 11) is 0. The standard InChI is InChI=1S/C17H12ClN3O/c18-14-6-4-13(5-7-14)16(22)9-12-10-20-17(21-11-12)15-3-1-2-8-19-15/h1-8,10-11H,9H2. The van der Waals surface area contributed by atoms with Crippen molar-refractivity contribution in [3.63, 3.8) is 0 Å². The van der Waals surface area contributed by atoms with Crippen LogP contribution in [-0.2, 0) is 6.42 Å². The maximum absolute atomic E-state index is 12.2. The van der Waals surface area contributed by atoms with E-state index in [-0.39, 0.29) is 12.2 Å². The molecule has 5 heteroatoms. The van der Waals surface area contributed by atoms with E-state index in [4.69, 9.17) is 11.6 Å². The smallest absolute Gasteiger partial charge is 0.178 e. The number of aromatic nitrogens is 3. The summed E-state index contributed by atoms with van der Waals surface area (Å²) in [6.45, 7) is 0. The normalized spacial score (nSPS) is 10.4. The third-order valence-electron chi connectivity index (χ3n) is 3.13. The molecule has 3 aromatic rings. The molecule has 108 valence electrons. The van der Waals surface area contributed by atoms with Gasteiger partial charge in [0.25, 0.3) is 0 Å². The highest BCUT2D eigenvalue weighted by Crippen LogP contribution is 2.13. The molecule has 0 unspecified atom stereocenters. The van der Waals surface area contributed by atoms with Gasteiger partial charge in [-0.1, -0.05) is 17.7 Å². The fourth-order valence-corrected chi connectivity index (χ4v) is 2.12. The van der Waals surface area contributed by atoms with Crippen LogP contribution in [0.3, 0.4) is 0 Å². The van der Waals surface area contributed by atoms with Crippen molar-refractivity contribution in [2.45, 2.75) is 6.42 Å². The van der Waals surface area contributed by atoms with Crippen molar-refractivity contribution in [2.24, 2.45) is 0 Å². The molecule has 4 nitrogen and oxygen atoms in total. The Balaban J connectivity index is 1.73. The molecule has 0 aliphatic rings. The molecule has 1 aromatic carbocycles. The van der Waals surface area contributed by atoms with Crippen LogP contribution in [0.5, 0.6) is 0 Å². The molecular weight excluding hydrogens is 298 g/mol. The van der Waals surface area contributed by atoms with Gasteiger partial charge >= 0.3 is 0 Å². The fraction of sp³-hybridized carbons (Fsp3) is 0.0588. The van der Waals surface area contributed by atoms with Gasteiger partial charge in [-0.3, -0.25) is 9.78 Å². The van der Waals surface area contributed by atoms with Crippen LogP contribution >= 0.6 is 11.6 Å². The number of rotatable bonds is 4. The van der Waals surface area contributed by atoms with E-state index in [1.807, 2.05) is 18.2 Å². The summed E-state index contributed by atoms with van der Waals surface area (Å²) in [5.74, 6) is 0.550. The van der Waals surface area contributed by atoms with Crippen molar-refractivity contribution in [3.8, 4) is 11.5 Å². The fourth-order valence-electron chi connectivity index (χ4n) is 2.00. The van der Waals surface area contributed by atoms with Crippen LogP contribution < -0.4 is 0 Å². The molecule has 0 spiro atoms. The second-order valence-electron chi connectivity index (χ2n) is 4.74. The highest BCUT2D eigenvalue weighted by atomic mass is 35.5. The Bertz CT molecular complexity index is 771. The molecule has 0 N–H and O–H groups in total. The number of carbonyl (C=O) groups is 1. The van der Waals surface area contributed by atoms with Gasteiger partial charge in [0.15, 0.2) is 11.6 Å². The maximum atomic E-state index is 12.2. The first-order valence-electron chi connectivity index (χ1n) is 6.73. The van der Waals surface area contributed by atoms with Gasteiger partial charge in [-0.05, 0) is 42.0 Å². The van der Waals surface area contributed by atoms with Crippen molar-refractivity contribution in [2.75, 3.05) is 0 Å². The molecule has 2 heterocycles. The van der Waals surface area contributed by atoms with Crippen molar-refractivity contribution in [1.29, 1.82) is 0 Å². The zero-order valence-corrected chi connectivity index (χ0v) is 12.4. The molecule has 0 aliphatic heterocycles. The summed E-state index contributed by atoms with van der Waals surface area (Å²) in [6.07, 6.45) is 5.26. The van der Waals surface area contributed by atoms with Crippen LogP contribution in [0, 0.1) is 0 Å². The Morgan fingerprint density at radius 1 is 0.955 bits per heavy atom. The SMILES string of the molecule is O=C(Cc1cnc(-c2ccccn2)nc1)c1ccc(Cl)cc1. The molecule has 0 fully saturated rings. The van der Waals surface area contributed by atoms with Crippen LogP contribution in [0.4, 0.5) is 0 Å². The first-order valence-corrected chi connectivity index (χ1v) is 7.11. The number of benzene rings is 1. The molecule has 2 aromatic heterocycles. The van der Waals surface area contributed by atoms with E-state index in [9.17, 15) is 4.79 Å². The minimum absolute atomic E-state index is 0.00542. The van der Waals surface area contributed by atoms with Gasteiger partial charge < -0.3 is 0 Å². The molecule has 0 aliphatic carbocycles. The van der Waals surface area contributed by atoms with Crippen LogP contribution in [0.1, 0.15) is 15.9 Å². The molecule has 0 bridgehead atoms. The Labute approximate surface area is 132 Å². The Hall–Kier alpha value is -2.59. The number of hydrogen-bond donors (Lipinski definition) is 0. The average molecular weight is 310 g/mol. The van der Waals surface area contributed by atoms with E-state index in [1.54, 1.807) is 42.9 Å². The van der Waals surface area contributed by atoms with Gasteiger partial charge in [-0.25, -0.2) is 9.97 Å². The summed E-state index contributed by atoms with van der Waals surface area (Å²) >= 11 is 5.81. The summed E-state index contributed by atoms with van der Waals surface area (Å²) in [5.41, 5.74) is 2.09. The minimum Gasteiger partial charge on any atom is -0.294 e. The number of halogens is 1. The third-order valence-corrected chi connectivity index (χ3v) is 3.38. The zero-order chi connectivity index (χ0) is 15.4. The number of hydrogen-bond acceptors (Lipinski definition) is 4. The highest BCUT2D eigenvalue weighted by molar-refractivity contribution is 6.30. The van der Waals surface area contributed by atoms with Crippen LogP contribution in [-0.4, -0.2) is 20.7 Å². The topological polar surface area (TPSA) is 55.7 Å². The van der Waals surface area contributed by atoms with E-state index in [2.05, 4.69) is 15.0 Å². The van der Waals surface area contributed by atoms with Crippen molar-refractivity contribution >= 4 is 17.4 Å². The molecule has 22 heavy (non-hydrogen) atoms. The number of ketones is 1. The van der Waals surface area contributed by atoms with Gasteiger partial charge in [0.05, 0.1) is 0 Å². The first kappa shape index (κ1) is 14.4. The van der Waals surface area contributed by atoms with E-state index in [0.717, 1.165) is 5.56 Å². The van der Waals surface area contributed by atoms with Gasteiger partial charge in [-0.15, -0.1) is 0 Å². The predicted molar refractivity (Wildman–Crippen MR) is 84.7 cm³/mol. The lowest BCUT2D eigenvalue weighted by Crippen LogP contribution is -2.04. The average Bonchev–Trinajstić information content (AvgIpc) is 2.57. The van der Waals surface area contributed by atoms with Gasteiger partial charge in [-0.2, -0.15) is 0 Å². The van der Waals surface area contributed by atoms with E-state index < -0.39 is 0 Å². The monoisotopic (exact) mass is 309 g/mol. The largest absolute Gasteiger partial charge is 0.294 e. The molecule has 3 rings (SSSR count). The van der Waals surface area contributed by atoms with E-state index >= 15 is 0 Å². The third kappa shape index (κ3) is 3.35. The van der Waals surface area contributed by atoms with Crippen LogP contribution in [0.25, 0.3) is 11.5 Å². The maximum Gasteiger partial charge on any atom is 0.178 e. The second-order valence-corrected chi connectivity index (χ2v) is 5.17. The Morgan fingerprint density at radius 3 is 2.32 bits per heavy atom. The van der Waals surface area contributed by atoms with Crippen LogP contribution in [0.2, 0.25) is 5.02 Å². The number of nitrogens with zero attached hydrogens (tertiary/aromatic N) is 3. The lowest BCUT2D eigenvalue weighted by molar-refractivity contribution is 0.0993. The Kier molecular flexibility index (Phi) is 4.21. The number of Topliss-reactive ketones (excluding diaryl/α,β-unsaturated/α-hetero) is 1. The Morgan fingerprint density at radius 2 is 1.68 bits per heavy atom. The lowest BCUT2D eigenvalue weighted by atomic mass is 10.1. The summed E-state index contributed by atoms with van der Waals surface area (Å²) < 4.78 is 0. The number of pyridine rings is 1. The zero-order valence-electron chi connectivity index (χ0n) is 11.6. The molecule has 0 atom stereocenters. The molecule has 0 radical (unpaired) electrons. The second kappa shape index (κ2) is 6.45. The molecule has 0 amide bonds. The molecule has 0 saturated carbocycles. The summed E-state index contributed by atoms with van der Waals surface area (Å²) in [5, 5.41) is 0.611. The van der Waals surface area contributed by atoms with Gasteiger partial charge in [0.1, 0.15) is 5.69 Å². The summed E-state index contributed by atoms with van der Waals surface area (Å²) in [4.78, 5) is 24.9. The van der Waals surface area contributed by atoms with Crippen molar-refractivity contribution in [3.05, 3.63) is 77.2 Å². The predicted octanol–water partition coefficient (Wildman–Crippen LogP) is 3.62. The van der Waals surface area contributed by atoms with Gasteiger partial charge in [0, 0.05) is 35.6 Å². The van der Waals surface area contributed by atoms with E-state index in [0.29, 0.717) is 22.1 Å². The lowest BCUT2D eigenvalue weighted by Gasteiger charge is -2.03. The van der Waals surface area contributed by atoms with Crippen LogP contribution in [0.15, 0.2) is 61.1 Å². The molecule has 0 saturated heterocycles. The van der Waals surface area contributed by atoms with Crippen molar-refractivity contribution in [1.82, 2.24) is 15.0 Å². The van der Waals surface area contributed by atoms with E-state index in [1.165, 1.54) is 0 Å². The molecular formula is C17H12ClN3O. The first-order chi connectivity index (χ1) is 10.7. The summed E-state index contributed by atoms with van der Waals surface area (Å²) in [6, 6.07) is 12.4.